The van der Waals surface area contributed by atoms with Crippen molar-refractivity contribution in [3.05, 3.63) is 53.6 Å². The Kier molecular flexibility index (Phi) is 4.85. The van der Waals surface area contributed by atoms with Crippen LogP contribution in [-0.2, 0) is 16.0 Å². The van der Waals surface area contributed by atoms with Gasteiger partial charge >= 0.3 is 5.97 Å². The number of rotatable bonds is 4. The summed E-state index contributed by atoms with van der Waals surface area (Å²) >= 11 is 0. The molecule has 146 valence electrons. The molecule has 2 heterocycles. The van der Waals surface area contributed by atoms with Crippen molar-refractivity contribution in [3.8, 4) is 5.75 Å². The van der Waals surface area contributed by atoms with E-state index < -0.39 is 11.6 Å². The van der Waals surface area contributed by atoms with E-state index in [1.807, 2.05) is 17.0 Å². The number of piperazine rings is 1. The van der Waals surface area contributed by atoms with Gasteiger partial charge in [0.05, 0.1) is 13.0 Å². The van der Waals surface area contributed by atoms with Gasteiger partial charge in [-0.2, -0.15) is 0 Å². The fraction of sp³-hybridized carbons (Fsp3) is 0.300. The number of ether oxygens (including phenoxy) is 1. The van der Waals surface area contributed by atoms with Crippen LogP contribution >= 0.6 is 0 Å². The van der Waals surface area contributed by atoms with E-state index >= 15 is 0 Å². The van der Waals surface area contributed by atoms with Gasteiger partial charge in [-0.1, -0.05) is 6.07 Å². The van der Waals surface area contributed by atoms with Crippen LogP contribution in [0.4, 0.5) is 20.2 Å². The van der Waals surface area contributed by atoms with Crippen LogP contribution in [-0.4, -0.2) is 49.5 Å². The Bertz CT molecular complexity index is 907. The van der Waals surface area contributed by atoms with Gasteiger partial charge < -0.3 is 19.9 Å². The summed E-state index contributed by atoms with van der Waals surface area (Å²) in [6.45, 7) is 2.06. The summed E-state index contributed by atoms with van der Waals surface area (Å²) in [7, 11) is 0. The fourth-order valence-corrected chi connectivity index (χ4v) is 3.45. The molecular weight excluding hydrogens is 368 g/mol. The Morgan fingerprint density at radius 3 is 2.46 bits per heavy atom. The number of amides is 1. The van der Waals surface area contributed by atoms with Crippen molar-refractivity contribution in [2.24, 2.45) is 0 Å². The summed E-state index contributed by atoms with van der Waals surface area (Å²) < 4.78 is 31.9. The van der Waals surface area contributed by atoms with Crippen LogP contribution in [0.2, 0.25) is 0 Å². The molecule has 28 heavy (non-hydrogen) atoms. The second-order valence-corrected chi connectivity index (χ2v) is 6.82. The van der Waals surface area contributed by atoms with E-state index in [1.54, 1.807) is 11.0 Å². The van der Waals surface area contributed by atoms with Crippen LogP contribution in [0, 0.1) is 11.6 Å². The number of nitrogens with zero attached hydrogens (tertiary/aromatic N) is 2. The molecule has 2 aliphatic rings. The summed E-state index contributed by atoms with van der Waals surface area (Å²) in [5.74, 6) is -1.05. The van der Waals surface area contributed by atoms with Crippen LogP contribution in [0.25, 0.3) is 0 Å². The number of carbonyl (C=O) groups is 2. The lowest BCUT2D eigenvalue weighted by Gasteiger charge is -2.36. The highest BCUT2D eigenvalue weighted by molar-refractivity contribution is 5.83. The van der Waals surface area contributed by atoms with Crippen molar-refractivity contribution in [2.75, 3.05) is 42.9 Å². The molecule has 8 heteroatoms. The van der Waals surface area contributed by atoms with E-state index in [1.165, 1.54) is 12.1 Å². The molecular formula is C20H19F2N3O3. The van der Waals surface area contributed by atoms with E-state index in [4.69, 9.17) is 4.74 Å². The molecule has 1 N–H and O–H groups in total. The Morgan fingerprint density at radius 1 is 1.04 bits per heavy atom. The number of fused-ring (bicyclic) bond motifs is 1. The zero-order valence-corrected chi connectivity index (χ0v) is 15.1. The van der Waals surface area contributed by atoms with Crippen LogP contribution < -0.4 is 15.0 Å². The van der Waals surface area contributed by atoms with Crippen LogP contribution in [0.5, 0.6) is 5.75 Å². The Balaban J connectivity index is 1.30. The molecule has 0 saturated carbocycles. The number of anilines is 2. The predicted octanol–water partition coefficient (Wildman–Crippen LogP) is 2.19. The second-order valence-electron chi connectivity index (χ2n) is 6.82. The molecule has 0 bridgehead atoms. The van der Waals surface area contributed by atoms with E-state index in [0.29, 0.717) is 43.3 Å². The SMILES string of the molecule is O=C1Cc2ccc(NCC(=O)N3CCN(c4cc(F)cc(F)c4)CC3)cc2O1. The van der Waals surface area contributed by atoms with E-state index in [0.717, 1.165) is 11.6 Å². The van der Waals surface area contributed by atoms with Crippen molar-refractivity contribution in [1.82, 2.24) is 4.90 Å². The minimum Gasteiger partial charge on any atom is -0.426 e. The first-order valence-electron chi connectivity index (χ1n) is 9.04. The molecule has 0 aliphatic carbocycles. The topological polar surface area (TPSA) is 61.9 Å². The van der Waals surface area contributed by atoms with Gasteiger partial charge in [0.2, 0.25) is 5.91 Å². The monoisotopic (exact) mass is 387 g/mol. The Morgan fingerprint density at radius 2 is 1.75 bits per heavy atom. The van der Waals surface area contributed by atoms with Gasteiger partial charge in [-0.25, -0.2) is 8.78 Å². The van der Waals surface area contributed by atoms with Gasteiger partial charge in [-0.15, -0.1) is 0 Å². The fourth-order valence-electron chi connectivity index (χ4n) is 3.45. The van der Waals surface area contributed by atoms with Gasteiger partial charge in [-0.3, -0.25) is 9.59 Å². The summed E-state index contributed by atoms with van der Waals surface area (Å²) in [5, 5.41) is 3.05. The molecule has 4 rings (SSSR count). The molecule has 2 aromatic carbocycles. The first kappa shape index (κ1) is 18.2. The Labute approximate surface area is 160 Å². The van der Waals surface area contributed by atoms with Crippen LogP contribution in [0.3, 0.4) is 0 Å². The highest BCUT2D eigenvalue weighted by atomic mass is 19.1. The molecule has 0 radical (unpaired) electrons. The number of halogens is 2. The molecule has 1 saturated heterocycles. The number of carbonyl (C=O) groups excluding carboxylic acids is 2. The van der Waals surface area contributed by atoms with Gasteiger partial charge in [0, 0.05) is 55.2 Å². The van der Waals surface area contributed by atoms with E-state index in [2.05, 4.69) is 5.32 Å². The maximum absolute atomic E-state index is 13.4. The second kappa shape index (κ2) is 7.46. The summed E-state index contributed by atoms with van der Waals surface area (Å²) in [6, 6.07) is 8.76. The number of hydrogen-bond acceptors (Lipinski definition) is 5. The third-order valence-corrected chi connectivity index (χ3v) is 4.91. The van der Waals surface area contributed by atoms with E-state index in [-0.39, 0.29) is 24.8 Å². The number of esters is 1. The molecule has 0 atom stereocenters. The highest BCUT2D eigenvalue weighted by Gasteiger charge is 2.23. The highest BCUT2D eigenvalue weighted by Crippen LogP contribution is 2.29. The quantitative estimate of drug-likeness (QED) is 0.644. The third-order valence-electron chi connectivity index (χ3n) is 4.91. The molecule has 0 unspecified atom stereocenters. The van der Waals surface area contributed by atoms with Crippen LogP contribution in [0.1, 0.15) is 5.56 Å². The lowest BCUT2D eigenvalue weighted by molar-refractivity contribution is -0.132. The van der Waals surface area contributed by atoms with Gasteiger partial charge in [0.15, 0.2) is 0 Å². The lowest BCUT2D eigenvalue weighted by Crippen LogP contribution is -2.50. The average Bonchev–Trinajstić information content (AvgIpc) is 3.04. The lowest BCUT2D eigenvalue weighted by atomic mass is 10.1. The molecule has 2 aromatic rings. The number of benzene rings is 2. The van der Waals surface area contributed by atoms with Gasteiger partial charge in [-0.05, 0) is 18.2 Å². The molecule has 0 aromatic heterocycles. The summed E-state index contributed by atoms with van der Waals surface area (Å²) in [4.78, 5) is 27.3. The van der Waals surface area contributed by atoms with Crippen molar-refractivity contribution in [1.29, 1.82) is 0 Å². The number of hydrogen-bond donors (Lipinski definition) is 1. The van der Waals surface area contributed by atoms with Gasteiger partial charge in [0.25, 0.3) is 0 Å². The number of nitrogens with one attached hydrogen (secondary N) is 1. The summed E-state index contributed by atoms with van der Waals surface area (Å²) in [6.07, 6.45) is 0.272. The normalized spacial score (nSPS) is 16.0. The maximum atomic E-state index is 13.4. The third kappa shape index (κ3) is 3.90. The molecule has 2 aliphatic heterocycles. The first-order chi connectivity index (χ1) is 13.5. The van der Waals surface area contributed by atoms with Crippen molar-refractivity contribution in [3.63, 3.8) is 0 Å². The smallest absolute Gasteiger partial charge is 0.315 e. The minimum absolute atomic E-state index is 0.0671. The largest absolute Gasteiger partial charge is 0.426 e. The van der Waals surface area contributed by atoms with Crippen molar-refractivity contribution < 1.29 is 23.1 Å². The first-order valence-corrected chi connectivity index (χ1v) is 9.04. The Hall–Kier alpha value is -3.16. The maximum Gasteiger partial charge on any atom is 0.315 e. The predicted molar refractivity (Wildman–Crippen MR) is 99.4 cm³/mol. The van der Waals surface area contributed by atoms with Gasteiger partial charge in [0.1, 0.15) is 17.4 Å². The van der Waals surface area contributed by atoms with Crippen molar-refractivity contribution >= 4 is 23.3 Å². The minimum atomic E-state index is -0.613. The zero-order chi connectivity index (χ0) is 19.7. The average molecular weight is 387 g/mol. The van der Waals surface area contributed by atoms with Crippen LogP contribution in [0.15, 0.2) is 36.4 Å². The summed E-state index contributed by atoms with van der Waals surface area (Å²) in [5.41, 5.74) is 2.03. The molecule has 1 amide bonds. The molecule has 1 fully saturated rings. The van der Waals surface area contributed by atoms with Crippen molar-refractivity contribution in [2.45, 2.75) is 6.42 Å². The van der Waals surface area contributed by atoms with E-state index in [9.17, 15) is 18.4 Å². The zero-order valence-electron chi connectivity index (χ0n) is 15.1. The standard InChI is InChI=1S/C20H19F2N3O3/c21-14-8-15(22)10-17(9-14)24-3-5-25(6-4-24)19(26)12-23-16-2-1-13-7-20(27)28-18(13)11-16/h1-2,8-11,23H,3-7,12H2. The molecule has 0 spiro atoms. The molecule has 6 nitrogen and oxygen atoms in total.